The number of phenols is 3. The van der Waals surface area contributed by atoms with Crippen LogP contribution < -0.4 is 0 Å². The lowest BCUT2D eigenvalue weighted by Gasteiger charge is -2.49. The molecule has 2 aliphatic carbocycles. The molecule has 20 nitrogen and oxygen atoms in total. The van der Waals surface area contributed by atoms with Crippen LogP contribution in [0.1, 0.15) is 161 Å². The summed E-state index contributed by atoms with van der Waals surface area (Å²) in [6, 6.07) is 3.32. The predicted molar refractivity (Wildman–Crippen MR) is 262 cm³/mol. The standard InChI is InChI=1S/C54H78N2O18/c1-11-54(64)23-36(43-46(53(54)74-41-21-30(55(7)8)47(59)27(5)68-41)51(63)44-45(50(43)62)49(61)42-29(48(44)60)13-12-14-33(42)58)72-40-22-31(56(9)10)52(28(6)69-40)73-39-20-17-35(26(4)67-39)71-38-19-16-34(25(3)66-38)70-37-18-15-32(57)24(2)65-37/h12-14,24-28,30-32,34-41,47,52-53,57-59,62-64H,11,15-23H2,1-10H3. The number of benzene rings is 2. The Morgan fingerprint density at radius 3 is 1.72 bits per heavy atom. The van der Waals surface area contributed by atoms with Gasteiger partial charge in [0.15, 0.2) is 37.2 Å². The van der Waals surface area contributed by atoms with Crippen molar-refractivity contribution in [2.24, 2.45) is 0 Å². The van der Waals surface area contributed by atoms with Gasteiger partial charge in [0.2, 0.25) is 5.78 Å². The topological polar surface area (TPSA) is 254 Å². The van der Waals surface area contributed by atoms with Crippen molar-refractivity contribution in [2.45, 2.75) is 228 Å². The highest BCUT2D eigenvalue weighted by Crippen LogP contribution is 2.58. The highest BCUT2D eigenvalue weighted by atomic mass is 16.7. The summed E-state index contributed by atoms with van der Waals surface area (Å²) < 4.78 is 64.3. The molecule has 0 spiro atoms. The van der Waals surface area contributed by atoms with Crippen LogP contribution in [0.2, 0.25) is 0 Å². The minimum absolute atomic E-state index is 0.0502. The van der Waals surface area contributed by atoms with E-state index < -0.39 is 119 Å². The monoisotopic (exact) mass is 1040 g/mol. The van der Waals surface area contributed by atoms with E-state index in [1.807, 2.05) is 65.7 Å². The van der Waals surface area contributed by atoms with E-state index >= 15 is 0 Å². The third-order valence-electron chi connectivity index (χ3n) is 16.7. The van der Waals surface area contributed by atoms with E-state index in [0.717, 1.165) is 6.42 Å². The Morgan fingerprint density at radius 1 is 0.595 bits per heavy atom. The number of aromatic hydroxyl groups is 3. The second-order valence-corrected chi connectivity index (χ2v) is 22.1. The molecule has 20 atom stereocenters. The van der Waals surface area contributed by atoms with Gasteiger partial charge in [-0.05, 0) is 94.6 Å². The van der Waals surface area contributed by atoms with Gasteiger partial charge in [0.25, 0.3) is 0 Å². The molecule has 7 aliphatic rings. The second kappa shape index (κ2) is 22.1. The molecule has 412 valence electrons. The molecule has 74 heavy (non-hydrogen) atoms. The fraction of sp³-hybridized carbons (Fsp3) is 0.741. The number of ether oxygens (including phenoxy) is 10. The lowest BCUT2D eigenvalue weighted by atomic mass is 9.70. The van der Waals surface area contributed by atoms with Crippen molar-refractivity contribution in [3.8, 4) is 17.2 Å². The van der Waals surface area contributed by atoms with Crippen LogP contribution in [-0.2, 0) is 47.4 Å². The maximum Gasteiger partial charge on any atom is 0.202 e. The van der Waals surface area contributed by atoms with Crippen LogP contribution in [-0.4, -0.2) is 190 Å². The van der Waals surface area contributed by atoms with Gasteiger partial charge in [0, 0.05) is 67.3 Å². The van der Waals surface area contributed by atoms with Crippen molar-refractivity contribution in [2.75, 3.05) is 28.2 Å². The zero-order valence-electron chi connectivity index (χ0n) is 44.2. The highest BCUT2D eigenvalue weighted by Gasteiger charge is 2.55. The Balaban J connectivity index is 0.915. The molecule has 5 heterocycles. The SMILES string of the molecule is CCC1(O)CC(OC2CC(N(C)C)C(OC3CCC(OC4CCC(OC5CCC(O)C(C)O5)C(C)O4)C(C)O3)C(C)O2)c2c(O)c3c(c(O)c2C1OC1CC(N(C)C)C(O)C(C)O1)C(=O)c1cccc(O)c1C3=O. The molecule has 2 aromatic carbocycles. The number of phenolic OH excluding ortho intramolecular Hbond substituents is 3. The predicted octanol–water partition coefficient (Wildman–Crippen LogP) is 4.82. The molecule has 0 radical (unpaired) electrons. The molecule has 20 unspecified atom stereocenters. The number of nitrogens with zero attached hydrogens (tertiary/aromatic N) is 2. The minimum Gasteiger partial charge on any atom is -0.507 e. The summed E-state index contributed by atoms with van der Waals surface area (Å²) in [5.41, 5.74) is -3.54. The Kier molecular flexibility index (Phi) is 16.6. The molecule has 6 N–H and O–H groups in total. The quantitative estimate of drug-likeness (QED) is 0.126. The molecular formula is C54H78N2O18. The number of carbonyl (C=O) groups excluding carboxylic acids is 2. The average Bonchev–Trinajstić information content (AvgIpc) is 3.35. The number of aliphatic hydroxyl groups excluding tert-OH is 2. The van der Waals surface area contributed by atoms with Gasteiger partial charge in [-0.25, -0.2) is 0 Å². The maximum atomic E-state index is 14.3. The first-order chi connectivity index (χ1) is 35.1. The summed E-state index contributed by atoms with van der Waals surface area (Å²) in [4.78, 5) is 32.5. The fourth-order valence-electron chi connectivity index (χ4n) is 12.3. The van der Waals surface area contributed by atoms with E-state index in [-0.39, 0.29) is 90.8 Å². The van der Waals surface area contributed by atoms with Crippen LogP contribution in [0.15, 0.2) is 18.2 Å². The molecule has 0 aromatic heterocycles. The number of rotatable bonds is 13. The Labute approximate surface area is 433 Å². The lowest BCUT2D eigenvalue weighted by Crippen LogP contribution is -2.57. The number of hydrogen-bond acceptors (Lipinski definition) is 20. The van der Waals surface area contributed by atoms with Crippen molar-refractivity contribution < 1.29 is 87.6 Å². The third-order valence-corrected chi connectivity index (χ3v) is 16.7. The van der Waals surface area contributed by atoms with Crippen LogP contribution in [0.5, 0.6) is 17.2 Å². The van der Waals surface area contributed by atoms with Gasteiger partial charge >= 0.3 is 0 Å². The zero-order chi connectivity index (χ0) is 53.2. The van der Waals surface area contributed by atoms with Gasteiger partial charge in [-0.3, -0.25) is 9.59 Å². The lowest BCUT2D eigenvalue weighted by molar-refractivity contribution is -0.321. The Morgan fingerprint density at radius 2 is 1.12 bits per heavy atom. The number of carbonyl (C=O) groups is 2. The van der Waals surface area contributed by atoms with Gasteiger partial charge in [-0.2, -0.15) is 0 Å². The van der Waals surface area contributed by atoms with Crippen LogP contribution in [0, 0.1) is 0 Å². The van der Waals surface area contributed by atoms with Crippen LogP contribution in [0.4, 0.5) is 0 Å². The van der Waals surface area contributed by atoms with Crippen molar-refractivity contribution >= 4 is 11.6 Å². The van der Waals surface area contributed by atoms with E-state index in [9.17, 15) is 40.2 Å². The molecule has 0 bridgehead atoms. The smallest absolute Gasteiger partial charge is 0.202 e. The van der Waals surface area contributed by atoms with Crippen molar-refractivity contribution in [1.29, 1.82) is 0 Å². The molecule has 2 aromatic rings. The summed E-state index contributed by atoms with van der Waals surface area (Å²) in [5.74, 6) is -3.52. The molecule has 5 saturated heterocycles. The van der Waals surface area contributed by atoms with Crippen molar-refractivity contribution in [1.82, 2.24) is 9.80 Å². The van der Waals surface area contributed by atoms with Crippen LogP contribution in [0.3, 0.4) is 0 Å². The maximum absolute atomic E-state index is 14.3. The molecule has 20 heteroatoms. The fourth-order valence-corrected chi connectivity index (χ4v) is 12.3. The molecular weight excluding hydrogens is 965 g/mol. The minimum atomic E-state index is -1.82. The van der Waals surface area contributed by atoms with Gasteiger partial charge in [-0.1, -0.05) is 19.1 Å². The Hall–Kier alpha value is -3.42. The van der Waals surface area contributed by atoms with Gasteiger partial charge in [0.05, 0.1) is 83.3 Å². The molecule has 0 saturated carbocycles. The van der Waals surface area contributed by atoms with Crippen molar-refractivity contribution in [3.63, 3.8) is 0 Å². The van der Waals surface area contributed by atoms with Gasteiger partial charge in [0.1, 0.15) is 29.5 Å². The second-order valence-electron chi connectivity index (χ2n) is 22.1. The number of hydrogen-bond donors (Lipinski definition) is 6. The molecule has 9 rings (SSSR count). The van der Waals surface area contributed by atoms with Gasteiger partial charge in [-0.15, -0.1) is 0 Å². The first-order valence-corrected chi connectivity index (χ1v) is 26.6. The largest absolute Gasteiger partial charge is 0.507 e. The van der Waals surface area contributed by atoms with E-state index in [0.29, 0.717) is 32.1 Å². The highest BCUT2D eigenvalue weighted by molar-refractivity contribution is 6.31. The van der Waals surface area contributed by atoms with E-state index in [1.54, 1.807) is 13.8 Å². The molecule has 5 aliphatic heterocycles. The summed E-state index contributed by atoms with van der Waals surface area (Å²) in [6.45, 7) is 11.1. The molecule has 0 amide bonds. The third kappa shape index (κ3) is 10.6. The zero-order valence-corrected chi connectivity index (χ0v) is 44.2. The van der Waals surface area contributed by atoms with E-state index in [1.165, 1.54) is 18.2 Å². The molecule has 5 fully saturated rings. The van der Waals surface area contributed by atoms with E-state index in [2.05, 4.69) is 0 Å². The number of likely N-dealkylation sites (N-methyl/N-ethyl adjacent to an activating group) is 2. The van der Waals surface area contributed by atoms with Gasteiger partial charge < -0.3 is 87.8 Å². The summed E-state index contributed by atoms with van der Waals surface area (Å²) in [6.07, 6.45) is -6.27. The van der Waals surface area contributed by atoms with Crippen LogP contribution >= 0.6 is 0 Å². The summed E-state index contributed by atoms with van der Waals surface area (Å²) in [7, 11) is 7.48. The number of fused-ring (bicyclic) bond motifs is 3. The number of ketones is 2. The normalized spacial score (nSPS) is 40.7. The van der Waals surface area contributed by atoms with E-state index in [4.69, 9.17) is 47.4 Å². The first-order valence-electron chi connectivity index (χ1n) is 26.6. The average molecular weight is 1040 g/mol. The number of aliphatic hydroxyl groups is 3. The van der Waals surface area contributed by atoms with Crippen LogP contribution in [0.25, 0.3) is 0 Å². The summed E-state index contributed by atoms with van der Waals surface area (Å²) in [5, 5.41) is 69.5. The Bertz CT molecular complexity index is 2350. The first kappa shape index (κ1) is 55.3. The van der Waals surface area contributed by atoms with Crippen molar-refractivity contribution in [3.05, 3.63) is 51.6 Å². The summed E-state index contributed by atoms with van der Waals surface area (Å²) >= 11 is 0.